The summed E-state index contributed by atoms with van der Waals surface area (Å²) in [6, 6.07) is 7.82. The van der Waals surface area contributed by atoms with Crippen LogP contribution in [0.4, 0.5) is 4.39 Å². The third-order valence-corrected chi connectivity index (χ3v) is 4.85. The summed E-state index contributed by atoms with van der Waals surface area (Å²) in [6.45, 7) is 0.531. The third-order valence-electron chi connectivity index (χ3n) is 3.85. The predicted molar refractivity (Wildman–Crippen MR) is 79.8 cm³/mol. The van der Waals surface area contributed by atoms with Gasteiger partial charge in [0.1, 0.15) is 0 Å². The Labute approximate surface area is 122 Å². The van der Waals surface area contributed by atoms with Crippen molar-refractivity contribution in [2.24, 2.45) is 0 Å². The van der Waals surface area contributed by atoms with Gasteiger partial charge in [0.2, 0.25) is 0 Å². The van der Waals surface area contributed by atoms with Gasteiger partial charge in [0.05, 0.1) is 7.11 Å². The van der Waals surface area contributed by atoms with E-state index in [1.54, 1.807) is 6.07 Å². The standard InChI is InChI=1S/C16H18FNOS/c1-19-14-6-2-4-11(16(14)17)10-18-13-5-3-7-15-12(13)8-9-20-15/h2,4,6,8-9,13,18H,3,5,7,10H2,1H3. The highest BCUT2D eigenvalue weighted by Gasteiger charge is 2.21. The van der Waals surface area contributed by atoms with Crippen LogP contribution in [0.15, 0.2) is 29.6 Å². The molecule has 0 spiro atoms. The first kappa shape index (κ1) is 13.6. The minimum absolute atomic E-state index is 0.260. The minimum atomic E-state index is -0.260. The molecule has 0 amide bonds. The molecule has 0 saturated carbocycles. The van der Waals surface area contributed by atoms with Gasteiger partial charge in [-0.3, -0.25) is 0 Å². The molecule has 0 saturated heterocycles. The van der Waals surface area contributed by atoms with Gasteiger partial charge in [0.15, 0.2) is 11.6 Å². The largest absolute Gasteiger partial charge is 0.494 e. The van der Waals surface area contributed by atoms with E-state index in [1.165, 1.54) is 30.4 Å². The second-order valence-electron chi connectivity index (χ2n) is 5.06. The lowest BCUT2D eigenvalue weighted by molar-refractivity contribution is 0.381. The van der Waals surface area contributed by atoms with E-state index in [0.717, 1.165) is 6.42 Å². The molecule has 2 aromatic rings. The SMILES string of the molecule is COc1cccc(CNC2CCCc3sccc32)c1F. The third kappa shape index (κ3) is 2.58. The number of halogens is 1. The van der Waals surface area contributed by atoms with E-state index in [0.29, 0.717) is 23.9 Å². The van der Waals surface area contributed by atoms with Gasteiger partial charge in [0, 0.05) is 23.0 Å². The number of rotatable bonds is 4. The highest BCUT2D eigenvalue weighted by atomic mass is 32.1. The highest BCUT2D eigenvalue weighted by Crippen LogP contribution is 2.33. The molecule has 1 aromatic heterocycles. The lowest BCUT2D eigenvalue weighted by Gasteiger charge is -2.24. The average Bonchev–Trinajstić information content (AvgIpc) is 2.95. The number of ether oxygens (including phenoxy) is 1. The maximum atomic E-state index is 14.1. The van der Waals surface area contributed by atoms with Crippen LogP contribution in [0.2, 0.25) is 0 Å². The highest BCUT2D eigenvalue weighted by molar-refractivity contribution is 7.10. The van der Waals surface area contributed by atoms with Gasteiger partial charge in [-0.15, -0.1) is 11.3 Å². The predicted octanol–water partition coefficient (Wildman–Crippen LogP) is 4.06. The van der Waals surface area contributed by atoms with Crippen molar-refractivity contribution in [1.29, 1.82) is 0 Å². The molecule has 3 rings (SSSR count). The topological polar surface area (TPSA) is 21.3 Å². The van der Waals surface area contributed by atoms with Crippen LogP contribution in [0, 0.1) is 5.82 Å². The minimum Gasteiger partial charge on any atom is -0.494 e. The molecule has 106 valence electrons. The smallest absolute Gasteiger partial charge is 0.169 e. The quantitative estimate of drug-likeness (QED) is 0.917. The lowest BCUT2D eigenvalue weighted by atomic mass is 9.94. The van der Waals surface area contributed by atoms with E-state index in [2.05, 4.69) is 16.8 Å². The van der Waals surface area contributed by atoms with Crippen molar-refractivity contribution in [3.05, 3.63) is 51.5 Å². The van der Waals surface area contributed by atoms with Crippen LogP contribution in [0.1, 0.15) is 34.9 Å². The molecular weight excluding hydrogens is 273 g/mol. The first-order valence-electron chi connectivity index (χ1n) is 6.90. The fraction of sp³-hybridized carbons (Fsp3) is 0.375. The number of nitrogens with one attached hydrogen (secondary N) is 1. The van der Waals surface area contributed by atoms with Gasteiger partial charge in [0.25, 0.3) is 0 Å². The van der Waals surface area contributed by atoms with Crippen LogP contribution in [-0.2, 0) is 13.0 Å². The summed E-state index contributed by atoms with van der Waals surface area (Å²) in [4.78, 5) is 1.47. The van der Waals surface area contributed by atoms with Crippen LogP contribution in [-0.4, -0.2) is 7.11 Å². The van der Waals surface area contributed by atoms with Crippen molar-refractivity contribution in [2.75, 3.05) is 7.11 Å². The van der Waals surface area contributed by atoms with Crippen molar-refractivity contribution in [2.45, 2.75) is 31.8 Å². The molecule has 1 aliphatic carbocycles. The van der Waals surface area contributed by atoms with Crippen LogP contribution in [0.5, 0.6) is 5.75 Å². The maximum absolute atomic E-state index is 14.1. The Morgan fingerprint density at radius 2 is 2.30 bits per heavy atom. The second-order valence-corrected chi connectivity index (χ2v) is 6.06. The number of fused-ring (bicyclic) bond motifs is 1. The van der Waals surface area contributed by atoms with Crippen LogP contribution in [0.3, 0.4) is 0 Å². The fourth-order valence-corrected chi connectivity index (χ4v) is 3.77. The molecule has 0 radical (unpaired) electrons. The molecule has 20 heavy (non-hydrogen) atoms. The zero-order valence-corrected chi connectivity index (χ0v) is 12.3. The molecule has 1 heterocycles. The summed E-state index contributed by atoms with van der Waals surface area (Å²) in [6.07, 6.45) is 3.50. The molecule has 2 nitrogen and oxygen atoms in total. The Morgan fingerprint density at radius 1 is 1.40 bits per heavy atom. The number of aryl methyl sites for hydroxylation is 1. The molecule has 0 aliphatic heterocycles. The molecule has 1 N–H and O–H groups in total. The Kier molecular flexibility index (Phi) is 4.03. The number of thiophene rings is 1. The van der Waals surface area contributed by atoms with E-state index in [4.69, 9.17) is 4.74 Å². The fourth-order valence-electron chi connectivity index (χ4n) is 2.78. The monoisotopic (exact) mass is 291 g/mol. The molecule has 4 heteroatoms. The Hall–Kier alpha value is -1.39. The summed E-state index contributed by atoms with van der Waals surface area (Å²) < 4.78 is 19.1. The van der Waals surface area contributed by atoms with Gasteiger partial charge in [-0.1, -0.05) is 12.1 Å². The molecule has 1 aliphatic rings. The lowest BCUT2D eigenvalue weighted by Crippen LogP contribution is -2.24. The molecular formula is C16H18FNOS. The summed E-state index contributed by atoms with van der Waals surface area (Å²) in [5, 5.41) is 5.63. The maximum Gasteiger partial charge on any atom is 0.169 e. The molecule has 0 fully saturated rings. The number of hydrogen-bond donors (Lipinski definition) is 1. The van der Waals surface area contributed by atoms with E-state index >= 15 is 0 Å². The Bertz CT molecular complexity index is 596. The van der Waals surface area contributed by atoms with E-state index in [-0.39, 0.29) is 5.82 Å². The first-order valence-corrected chi connectivity index (χ1v) is 7.78. The van der Waals surface area contributed by atoms with Crippen LogP contribution >= 0.6 is 11.3 Å². The molecule has 1 aromatic carbocycles. The number of benzene rings is 1. The van der Waals surface area contributed by atoms with Gasteiger partial charge in [-0.05, 0) is 42.3 Å². The van der Waals surface area contributed by atoms with E-state index < -0.39 is 0 Å². The zero-order chi connectivity index (χ0) is 13.9. The number of hydrogen-bond acceptors (Lipinski definition) is 3. The normalized spacial score (nSPS) is 17.8. The van der Waals surface area contributed by atoms with Crippen molar-refractivity contribution < 1.29 is 9.13 Å². The summed E-state index contributed by atoms with van der Waals surface area (Å²) in [5.41, 5.74) is 2.05. The van der Waals surface area contributed by atoms with Crippen LogP contribution < -0.4 is 10.1 Å². The summed E-state index contributed by atoms with van der Waals surface area (Å²) >= 11 is 1.83. The molecule has 1 unspecified atom stereocenters. The summed E-state index contributed by atoms with van der Waals surface area (Å²) in [5.74, 6) is 0.0491. The van der Waals surface area contributed by atoms with E-state index in [1.807, 2.05) is 23.5 Å². The second kappa shape index (κ2) is 5.94. The van der Waals surface area contributed by atoms with Crippen molar-refractivity contribution in [1.82, 2.24) is 5.32 Å². The average molecular weight is 291 g/mol. The van der Waals surface area contributed by atoms with Crippen LogP contribution in [0.25, 0.3) is 0 Å². The molecule has 0 bridgehead atoms. The van der Waals surface area contributed by atoms with Gasteiger partial charge in [-0.25, -0.2) is 4.39 Å². The Balaban J connectivity index is 1.72. The van der Waals surface area contributed by atoms with E-state index in [9.17, 15) is 4.39 Å². The van der Waals surface area contributed by atoms with Crippen molar-refractivity contribution in [3.63, 3.8) is 0 Å². The van der Waals surface area contributed by atoms with Gasteiger partial charge >= 0.3 is 0 Å². The van der Waals surface area contributed by atoms with Crippen molar-refractivity contribution >= 4 is 11.3 Å². The van der Waals surface area contributed by atoms with Gasteiger partial charge < -0.3 is 10.1 Å². The molecule has 1 atom stereocenters. The first-order chi connectivity index (χ1) is 9.79. The number of methoxy groups -OCH3 is 1. The van der Waals surface area contributed by atoms with Crippen molar-refractivity contribution in [3.8, 4) is 5.75 Å². The summed E-state index contributed by atoms with van der Waals surface area (Å²) in [7, 11) is 1.49. The Morgan fingerprint density at radius 3 is 3.15 bits per heavy atom. The van der Waals surface area contributed by atoms with Gasteiger partial charge in [-0.2, -0.15) is 0 Å². The zero-order valence-electron chi connectivity index (χ0n) is 11.5.